The van der Waals surface area contributed by atoms with Crippen molar-refractivity contribution in [2.45, 2.75) is 32.6 Å². The Morgan fingerprint density at radius 1 is 0.912 bits per heavy atom. The van der Waals surface area contributed by atoms with Crippen LogP contribution in [0.2, 0.25) is 0 Å². The van der Waals surface area contributed by atoms with Gasteiger partial charge in [0.05, 0.1) is 23.4 Å². The number of carbonyl (C=O) groups is 4. The standard InChI is InChI=1S/C27H26N2O5/c1-15-4-2-5-19(10-15)28-14-18(12-22(28)30)27(33)34-21-7-3-6-20(13-21)29-25(31)23-16-8-9-17(11-16)24(23)26(29)32/h2-7,10,13,16-18,23-24H,8-9,11-12,14H2,1H3/t16-,17-,18+,23-,24-/m0/s1. The summed E-state index contributed by atoms with van der Waals surface area (Å²) in [6, 6.07) is 14.2. The molecule has 7 heteroatoms. The van der Waals surface area contributed by atoms with E-state index in [0.29, 0.717) is 17.5 Å². The van der Waals surface area contributed by atoms with Crippen LogP contribution in [0, 0.1) is 36.5 Å². The summed E-state index contributed by atoms with van der Waals surface area (Å²) in [4.78, 5) is 54.5. The van der Waals surface area contributed by atoms with Crippen molar-refractivity contribution in [2.75, 3.05) is 16.3 Å². The molecule has 0 unspecified atom stereocenters. The zero-order valence-electron chi connectivity index (χ0n) is 19.0. The summed E-state index contributed by atoms with van der Waals surface area (Å²) in [5.41, 5.74) is 2.25. The minimum Gasteiger partial charge on any atom is -0.426 e. The van der Waals surface area contributed by atoms with Crippen LogP contribution in [-0.2, 0) is 19.2 Å². The van der Waals surface area contributed by atoms with Crippen molar-refractivity contribution in [1.29, 1.82) is 0 Å². The van der Waals surface area contributed by atoms with Gasteiger partial charge in [-0.2, -0.15) is 0 Å². The van der Waals surface area contributed by atoms with E-state index >= 15 is 0 Å². The third-order valence-electron chi connectivity index (χ3n) is 7.99. The third kappa shape index (κ3) is 3.25. The number of fused-ring (bicyclic) bond motifs is 5. The van der Waals surface area contributed by atoms with E-state index in [1.165, 1.54) is 4.90 Å². The number of amides is 3. The van der Waals surface area contributed by atoms with E-state index in [4.69, 9.17) is 4.74 Å². The maximum atomic E-state index is 13.1. The average molecular weight is 459 g/mol. The first-order valence-corrected chi connectivity index (χ1v) is 12.0. The Balaban J connectivity index is 1.17. The average Bonchev–Trinajstić information content (AvgIpc) is 3.57. The highest BCUT2D eigenvalue weighted by Crippen LogP contribution is 2.56. The molecule has 5 atom stereocenters. The van der Waals surface area contributed by atoms with Gasteiger partial charge in [-0.05, 0) is 67.9 Å². The molecule has 0 aromatic heterocycles. The molecule has 7 nitrogen and oxygen atoms in total. The lowest BCUT2D eigenvalue weighted by molar-refractivity contribution is -0.139. The van der Waals surface area contributed by atoms with Gasteiger partial charge in [0.15, 0.2) is 0 Å². The summed E-state index contributed by atoms with van der Waals surface area (Å²) in [5, 5.41) is 0. The fourth-order valence-electron chi connectivity index (χ4n) is 6.46. The second kappa shape index (κ2) is 7.79. The Bertz CT molecular complexity index is 1200. The molecule has 2 heterocycles. The van der Waals surface area contributed by atoms with E-state index in [0.717, 1.165) is 30.5 Å². The molecule has 0 radical (unpaired) electrons. The van der Waals surface area contributed by atoms with Gasteiger partial charge < -0.3 is 9.64 Å². The molecule has 4 fully saturated rings. The van der Waals surface area contributed by atoms with Crippen molar-refractivity contribution in [2.24, 2.45) is 29.6 Å². The number of aryl methyl sites for hydroxylation is 1. The summed E-state index contributed by atoms with van der Waals surface area (Å²) >= 11 is 0. The number of benzene rings is 2. The normalized spacial score (nSPS) is 29.8. The number of esters is 1. The molecule has 2 aromatic rings. The zero-order chi connectivity index (χ0) is 23.6. The van der Waals surface area contributed by atoms with Gasteiger partial charge >= 0.3 is 5.97 Å². The SMILES string of the molecule is Cc1cccc(N2C[C@H](C(=O)Oc3cccc(N4C(=O)[C@H]5[C@H]6CC[C@@H](C6)[C@@H]5C4=O)c3)CC2=O)c1. The number of imide groups is 1. The van der Waals surface area contributed by atoms with Gasteiger partial charge in [-0.25, -0.2) is 4.90 Å². The second-order valence-corrected chi connectivity index (χ2v) is 10.1. The smallest absolute Gasteiger partial charge is 0.316 e. The van der Waals surface area contributed by atoms with Crippen LogP contribution in [-0.4, -0.2) is 30.2 Å². The Morgan fingerprint density at radius 3 is 2.29 bits per heavy atom. The van der Waals surface area contributed by atoms with Crippen molar-refractivity contribution < 1.29 is 23.9 Å². The fourth-order valence-corrected chi connectivity index (χ4v) is 6.46. The molecule has 2 aromatic carbocycles. The topological polar surface area (TPSA) is 84.0 Å². The maximum Gasteiger partial charge on any atom is 0.316 e. The van der Waals surface area contributed by atoms with Crippen molar-refractivity contribution >= 4 is 35.1 Å². The highest BCUT2D eigenvalue weighted by molar-refractivity contribution is 6.22. The van der Waals surface area contributed by atoms with Crippen LogP contribution in [0.25, 0.3) is 0 Å². The van der Waals surface area contributed by atoms with Gasteiger partial charge in [0.2, 0.25) is 17.7 Å². The quantitative estimate of drug-likeness (QED) is 0.398. The number of rotatable bonds is 4. The monoisotopic (exact) mass is 458 g/mol. The van der Waals surface area contributed by atoms with E-state index in [-0.39, 0.29) is 48.3 Å². The molecule has 0 spiro atoms. The van der Waals surface area contributed by atoms with E-state index < -0.39 is 11.9 Å². The van der Waals surface area contributed by atoms with Crippen LogP contribution in [0.1, 0.15) is 31.2 Å². The first-order chi connectivity index (χ1) is 16.4. The molecule has 2 bridgehead atoms. The van der Waals surface area contributed by atoms with E-state index in [1.54, 1.807) is 29.2 Å². The fraction of sp³-hybridized carbons (Fsp3) is 0.407. The van der Waals surface area contributed by atoms with Gasteiger partial charge in [-0.15, -0.1) is 0 Å². The lowest BCUT2D eigenvalue weighted by atomic mass is 9.81. The third-order valence-corrected chi connectivity index (χ3v) is 7.99. The molecule has 3 amide bonds. The number of ether oxygens (including phenoxy) is 1. The summed E-state index contributed by atoms with van der Waals surface area (Å²) < 4.78 is 5.61. The van der Waals surface area contributed by atoms with Crippen LogP contribution < -0.4 is 14.5 Å². The van der Waals surface area contributed by atoms with Gasteiger partial charge in [0.25, 0.3) is 0 Å². The number of anilines is 2. The second-order valence-electron chi connectivity index (χ2n) is 10.1. The van der Waals surface area contributed by atoms with E-state index in [1.807, 2.05) is 31.2 Å². The summed E-state index contributed by atoms with van der Waals surface area (Å²) in [7, 11) is 0. The molecule has 2 saturated heterocycles. The Hall–Kier alpha value is -3.48. The minimum absolute atomic E-state index is 0.0850. The van der Waals surface area contributed by atoms with Crippen molar-refractivity contribution in [3.63, 3.8) is 0 Å². The van der Waals surface area contributed by atoms with Crippen LogP contribution in [0.5, 0.6) is 5.75 Å². The maximum absolute atomic E-state index is 13.1. The molecular formula is C27H26N2O5. The van der Waals surface area contributed by atoms with Crippen LogP contribution in [0.4, 0.5) is 11.4 Å². The predicted molar refractivity (Wildman–Crippen MR) is 124 cm³/mol. The zero-order valence-corrected chi connectivity index (χ0v) is 19.0. The molecule has 34 heavy (non-hydrogen) atoms. The molecule has 174 valence electrons. The van der Waals surface area contributed by atoms with Gasteiger partial charge in [-0.3, -0.25) is 19.2 Å². The minimum atomic E-state index is -0.582. The van der Waals surface area contributed by atoms with Gasteiger partial charge in [0.1, 0.15) is 5.75 Å². The first-order valence-electron chi connectivity index (χ1n) is 12.0. The summed E-state index contributed by atoms with van der Waals surface area (Å²) in [5.74, 6) is -0.940. The number of carbonyl (C=O) groups excluding carboxylic acids is 4. The lowest BCUT2D eigenvalue weighted by Crippen LogP contribution is -2.32. The van der Waals surface area contributed by atoms with Crippen molar-refractivity contribution in [3.8, 4) is 5.75 Å². The van der Waals surface area contributed by atoms with Gasteiger partial charge in [0, 0.05) is 24.7 Å². The van der Waals surface area contributed by atoms with E-state index in [9.17, 15) is 19.2 Å². The molecule has 0 N–H and O–H groups in total. The van der Waals surface area contributed by atoms with Crippen molar-refractivity contribution in [1.82, 2.24) is 0 Å². The lowest BCUT2D eigenvalue weighted by Gasteiger charge is -2.19. The predicted octanol–water partition coefficient (Wildman–Crippen LogP) is 3.49. The van der Waals surface area contributed by atoms with Crippen molar-refractivity contribution in [3.05, 3.63) is 54.1 Å². The number of nitrogens with zero attached hydrogens (tertiary/aromatic N) is 2. The molecular weight excluding hydrogens is 432 g/mol. The largest absolute Gasteiger partial charge is 0.426 e. The molecule has 2 aliphatic carbocycles. The molecule has 2 saturated carbocycles. The Labute approximate surface area is 197 Å². The summed E-state index contributed by atoms with van der Waals surface area (Å²) in [6.45, 7) is 2.21. The van der Waals surface area contributed by atoms with Gasteiger partial charge in [-0.1, -0.05) is 18.2 Å². The number of hydrogen-bond acceptors (Lipinski definition) is 5. The highest BCUT2D eigenvalue weighted by atomic mass is 16.5. The molecule has 6 rings (SSSR count). The van der Waals surface area contributed by atoms with Crippen LogP contribution in [0.3, 0.4) is 0 Å². The first kappa shape index (κ1) is 21.1. The number of hydrogen-bond donors (Lipinski definition) is 0. The Kier molecular flexibility index (Phi) is 4.83. The van der Waals surface area contributed by atoms with Crippen LogP contribution in [0.15, 0.2) is 48.5 Å². The Morgan fingerprint density at radius 2 is 1.59 bits per heavy atom. The van der Waals surface area contributed by atoms with Crippen LogP contribution >= 0.6 is 0 Å². The highest BCUT2D eigenvalue weighted by Gasteiger charge is 2.61. The van der Waals surface area contributed by atoms with E-state index in [2.05, 4.69) is 0 Å². The summed E-state index contributed by atoms with van der Waals surface area (Å²) in [6.07, 6.45) is 3.12. The molecule has 2 aliphatic heterocycles. The molecule has 4 aliphatic rings.